The zero-order valence-corrected chi connectivity index (χ0v) is 9.18. The minimum absolute atomic E-state index is 0.0311. The van der Waals surface area contributed by atoms with Crippen LogP contribution >= 0.6 is 0 Å². The molecule has 15 heavy (non-hydrogen) atoms. The first kappa shape index (κ1) is 14.8. The molecule has 0 aromatic rings. The predicted octanol–water partition coefficient (Wildman–Crippen LogP) is -1.20. The highest BCUT2D eigenvalue weighted by Crippen LogP contribution is 2.02. The maximum atomic E-state index is 9.61. The van der Waals surface area contributed by atoms with Crippen molar-refractivity contribution in [1.29, 1.82) is 0 Å². The Morgan fingerprint density at radius 3 is 1.93 bits per heavy atom. The highest BCUT2D eigenvalue weighted by Gasteiger charge is 2.10. The van der Waals surface area contributed by atoms with Crippen LogP contribution in [0.5, 0.6) is 0 Å². The van der Waals surface area contributed by atoms with Crippen molar-refractivity contribution in [3.05, 3.63) is 0 Å². The van der Waals surface area contributed by atoms with Crippen molar-refractivity contribution in [3.63, 3.8) is 0 Å². The number of aliphatic hydroxyl groups excluding tert-OH is 4. The quantitative estimate of drug-likeness (QED) is 0.348. The van der Waals surface area contributed by atoms with E-state index < -0.39 is 6.10 Å². The first-order chi connectivity index (χ1) is 7.24. The molecule has 0 aliphatic carbocycles. The fourth-order valence-corrected chi connectivity index (χ4v) is 1.46. The number of nitrogens with zero attached hydrogens (tertiary/aromatic N) is 1. The van der Waals surface area contributed by atoms with Gasteiger partial charge >= 0.3 is 0 Å². The zero-order valence-electron chi connectivity index (χ0n) is 9.18. The normalized spacial score (nSPS) is 13.4. The summed E-state index contributed by atoms with van der Waals surface area (Å²) in [6.45, 7) is 1.62. The molecule has 1 unspecified atom stereocenters. The molecule has 0 fully saturated rings. The predicted molar refractivity (Wildman–Crippen MR) is 57.6 cm³/mol. The second kappa shape index (κ2) is 10.3. The lowest BCUT2D eigenvalue weighted by Crippen LogP contribution is -2.36. The molecule has 5 nitrogen and oxygen atoms in total. The molecule has 0 aromatic heterocycles. The van der Waals surface area contributed by atoms with Gasteiger partial charge in [-0.2, -0.15) is 0 Å². The van der Waals surface area contributed by atoms with Crippen molar-refractivity contribution in [3.8, 4) is 0 Å². The van der Waals surface area contributed by atoms with Gasteiger partial charge in [-0.3, -0.25) is 4.90 Å². The zero-order chi connectivity index (χ0) is 11.5. The minimum Gasteiger partial charge on any atom is -0.396 e. The van der Waals surface area contributed by atoms with Gasteiger partial charge in [0.2, 0.25) is 0 Å². The van der Waals surface area contributed by atoms with Crippen molar-refractivity contribution in [2.24, 2.45) is 0 Å². The van der Waals surface area contributed by atoms with Gasteiger partial charge in [-0.1, -0.05) is 0 Å². The van der Waals surface area contributed by atoms with Gasteiger partial charge in [-0.25, -0.2) is 0 Å². The smallest absolute Gasteiger partial charge is 0.0667 e. The largest absolute Gasteiger partial charge is 0.396 e. The van der Waals surface area contributed by atoms with E-state index in [1.54, 1.807) is 0 Å². The highest BCUT2D eigenvalue weighted by molar-refractivity contribution is 4.64. The number of rotatable bonds is 10. The lowest BCUT2D eigenvalue weighted by atomic mass is 10.1. The number of hydrogen-bond donors (Lipinski definition) is 4. The van der Waals surface area contributed by atoms with Crippen LogP contribution in [-0.2, 0) is 0 Å². The van der Waals surface area contributed by atoms with Crippen molar-refractivity contribution in [2.45, 2.75) is 25.4 Å². The molecular weight excluding hydrogens is 198 g/mol. The fourth-order valence-electron chi connectivity index (χ4n) is 1.46. The Balaban J connectivity index is 3.62. The van der Waals surface area contributed by atoms with E-state index in [2.05, 4.69) is 0 Å². The average Bonchev–Trinajstić information content (AvgIpc) is 2.19. The molecule has 0 spiro atoms. The summed E-state index contributed by atoms with van der Waals surface area (Å²) in [7, 11) is 0. The van der Waals surface area contributed by atoms with E-state index in [1.807, 2.05) is 4.90 Å². The van der Waals surface area contributed by atoms with Crippen molar-refractivity contribution in [2.75, 3.05) is 39.5 Å². The van der Waals surface area contributed by atoms with E-state index in [1.165, 1.54) is 0 Å². The Morgan fingerprint density at radius 1 is 0.867 bits per heavy atom. The van der Waals surface area contributed by atoms with Gasteiger partial charge in [0.1, 0.15) is 0 Å². The SMILES string of the molecule is OCCCCC(O)CN(CCO)CCO. The number of hydrogen-bond acceptors (Lipinski definition) is 5. The Bertz CT molecular complexity index is 129. The molecule has 0 heterocycles. The molecule has 0 saturated heterocycles. The molecule has 0 aliphatic rings. The van der Waals surface area contributed by atoms with Crippen LogP contribution in [0.2, 0.25) is 0 Å². The van der Waals surface area contributed by atoms with E-state index in [0.29, 0.717) is 32.5 Å². The molecule has 0 bridgehead atoms. The summed E-state index contributed by atoms with van der Waals surface area (Å²) in [5.74, 6) is 0. The molecule has 4 N–H and O–H groups in total. The maximum Gasteiger partial charge on any atom is 0.0667 e. The first-order valence-electron chi connectivity index (χ1n) is 5.47. The highest BCUT2D eigenvalue weighted by atomic mass is 16.3. The topological polar surface area (TPSA) is 84.2 Å². The molecular formula is C10H23NO4. The van der Waals surface area contributed by atoms with E-state index in [9.17, 15) is 5.11 Å². The fraction of sp³-hybridized carbons (Fsp3) is 1.00. The van der Waals surface area contributed by atoms with Gasteiger partial charge in [0.05, 0.1) is 19.3 Å². The molecule has 5 heteroatoms. The Morgan fingerprint density at radius 2 is 1.47 bits per heavy atom. The average molecular weight is 221 g/mol. The molecule has 92 valence electrons. The minimum atomic E-state index is -0.449. The third-order valence-corrected chi connectivity index (χ3v) is 2.25. The van der Waals surface area contributed by atoms with Crippen molar-refractivity contribution in [1.82, 2.24) is 4.90 Å². The van der Waals surface area contributed by atoms with Crippen LogP contribution in [0.4, 0.5) is 0 Å². The lowest BCUT2D eigenvalue weighted by Gasteiger charge is -2.23. The molecule has 0 saturated carbocycles. The van der Waals surface area contributed by atoms with E-state index in [-0.39, 0.29) is 19.8 Å². The molecule has 0 radical (unpaired) electrons. The Kier molecular flexibility index (Phi) is 10.2. The number of unbranched alkanes of at least 4 members (excludes halogenated alkanes) is 1. The van der Waals surface area contributed by atoms with Gasteiger partial charge in [0, 0.05) is 26.2 Å². The summed E-state index contributed by atoms with van der Waals surface area (Å²) < 4.78 is 0. The summed E-state index contributed by atoms with van der Waals surface area (Å²) in [6.07, 6.45) is 1.70. The van der Waals surface area contributed by atoms with Crippen LogP contribution in [0.3, 0.4) is 0 Å². The first-order valence-corrected chi connectivity index (χ1v) is 5.47. The summed E-state index contributed by atoms with van der Waals surface area (Å²) >= 11 is 0. The van der Waals surface area contributed by atoms with Crippen LogP contribution in [0.1, 0.15) is 19.3 Å². The molecule has 0 aliphatic heterocycles. The Hall–Kier alpha value is -0.200. The van der Waals surface area contributed by atoms with E-state index in [4.69, 9.17) is 15.3 Å². The molecule has 1 atom stereocenters. The summed E-state index contributed by atoms with van der Waals surface area (Å²) in [4.78, 5) is 1.82. The molecule has 0 aromatic carbocycles. The van der Waals surface area contributed by atoms with Gasteiger partial charge in [0.25, 0.3) is 0 Å². The number of aliphatic hydroxyl groups is 4. The monoisotopic (exact) mass is 221 g/mol. The van der Waals surface area contributed by atoms with Crippen LogP contribution in [0.25, 0.3) is 0 Å². The summed E-state index contributed by atoms with van der Waals surface area (Å²) in [6, 6.07) is 0. The third kappa shape index (κ3) is 8.77. The standard InChI is InChI=1S/C10H23NO4/c12-6-2-1-3-10(15)9-11(4-7-13)5-8-14/h10,12-15H,1-9H2. The van der Waals surface area contributed by atoms with Gasteiger partial charge in [0.15, 0.2) is 0 Å². The second-order valence-electron chi connectivity index (χ2n) is 3.62. The van der Waals surface area contributed by atoms with Crippen LogP contribution in [0, 0.1) is 0 Å². The lowest BCUT2D eigenvalue weighted by molar-refractivity contribution is 0.0800. The van der Waals surface area contributed by atoms with Gasteiger partial charge < -0.3 is 20.4 Å². The molecule has 0 amide bonds. The van der Waals surface area contributed by atoms with Crippen molar-refractivity contribution >= 4 is 0 Å². The molecule has 0 rings (SSSR count). The van der Waals surface area contributed by atoms with Crippen LogP contribution in [-0.4, -0.2) is 70.9 Å². The second-order valence-corrected chi connectivity index (χ2v) is 3.62. The van der Waals surface area contributed by atoms with Crippen molar-refractivity contribution < 1.29 is 20.4 Å². The third-order valence-electron chi connectivity index (χ3n) is 2.25. The Labute approximate surface area is 91.0 Å². The van der Waals surface area contributed by atoms with E-state index in [0.717, 1.165) is 6.42 Å². The summed E-state index contributed by atoms with van der Waals surface area (Å²) in [5, 5.41) is 35.7. The van der Waals surface area contributed by atoms with Crippen LogP contribution in [0.15, 0.2) is 0 Å². The van der Waals surface area contributed by atoms with Gasteiger partial charge in [-0.05, 0) is 19.3 Å². The summed E-state index contributed by atoms with van der Waals surface area (Å²) in [5.41, 5.74) is 0. The van der Waals surface area contributed by atoms with E-state index >= 15 is 0 Å². The maximum absolute atomic E-state index is 9.61. The van der Waals surface area contributed by atoms with Crippen LogP contribution < -0.4 is 0 Å². The van der Waals surface area contributed by atoms with Gasteiger partial charge in [-0.15, -0.1) is 0 Å².